The molecular formula is C26H28N6O2. The third kappa shape index (κ3) is 4.34. The van der Waals surface area contributed by atoms with Gasteiger partial charge in [-0.25, -0.2) is 9.97 Å². The van der Waals surface area contributed by atoms with Gasteiger partial charge in [-0.05, 0) is 42.5 Å². The molecule has 1 atom stereocenters. The molecule has 1 fully saturated rings. The van der Waals surface area contributed by atoms with E-state index in [0.717, 1.165) is 56.7 Å². The molecule has 0 radical (unpaired) electrons. The van der Waals surface area contributed by atoms with Crippen molar-refractivity contribution >= 4 is 17.2 Å². The van der Waals surface area contributed by atoms with E-state index in [2.05, 4.69) is 46.6 Å². The van der Waals surface area contributed by atoms with Crippen LogP contribution in [0.2, 0.25) is 0 Å². The molecule has 2 aliphatic heterocycles. The lowest BCUT2D eigenvalue weighted by Crippen LogP contribution is -2.28. The van der Waals surface area contributed by atoms with Crippen LogP contribution in [0, 0.1) is 0 Å². The second-order valence-electron chi connectivity index (χ2n) is 8.85. The fourth-order valence-corrected chi connectivity index (χ4v) is 4.68. The van der Waals surface area contributed by atoms with Crippen LogP contribution in [0.4, 0.5) is 5.95 Å². The first-order chi connectivity index (χ1) is 16.8. The Balaban J connectivity index is 1.25. The van der Waals surface area contributed by atoms with Crippen LogP contribution in [0.5, 0.6) is 0 Å². The van der Waals surface area contributed by atoms with Crippen LogP contribution < -0.4 is 5.32 Å². The lowest BCUT2D eigenvalue weighted by Gasteiger charge is -2.26. The lowest BCUT2D eigenvalue weighted by molar-refractivity contribution is 0.120. The SMILES string of the molecule is C1=C(c2ccccc2)CCN(Cc2cnc(NCC3CCCO3)n3nc(-c4ccco4)nc23)C1. The first-order valence-corrected chi connectivity index (χ1v) is 11.9. The van der Waals surface area contributed by atoms with Gasteiger partial charge < -0.3 is 14.5 Å². The van der Waals surface area contributed by atoms with Gasteiger partial charge in [0.15, 0.2) is 11.4 Å². The Bertz CT molecular complexity index is 1280. The number of ether oxygens (including phenoxy) is 1. The monoisotopic (exact) mass is 456 g/mol. The van der Waals surface area contributed by atoms with E-state index in [1.54, 1.807) is 10.8 Å². The Morgan fingerprint density at radius 3 is 2.82 bits per heavy atom. The average molecular weight is 457 g/mol. The Morgan fingerprint density at radius 2 is 2.06 bits per heavy atom. The van der Waals surface area contributed by atoms with Gasteiger partial charge in [-0.15, -0.1) is 5.10 Å². The maximum absolute atomic E-state index is 5.75. The Labute approximate surface area is 198 Å². The number of hydrogen-bond acceptors (Lipinski definition) is 7. The minimum Gasteiger partial charge on any atom is -0.461 e. The molecule has 4 aromatic rings. The van der Waals surface area contributed by atoms with Gasteiger partial charge in [-0.2, -0.15) is 4.52 Å². The van der Waals surface area contributed by atoms with Crippen LogP contribution in [-0.2, 0) is 11.3 Å². The molecule has 0 saturated carbocycles. The second kappa shape index (κ2) is 9.40. The van der Waals surface area contributed by atoms with E-state index in [1.807, 2.05) is 18.3 Å². The molecule has 1 N–H and O–H groups in total. The molecule has 0 spiro atoms. The van der Waals surface area contributed by atoms with E-state index in [0.29, 0.717) is 24.1 Å². The average Bonchev–Trinajstić information content (AvgIpc) is 3.66. The molecule has 1 aromatic carbocycles. The molecule has 0 aliphatic carbocycles. The number of anilines is 1. The summed E-state index contributed by atoms with van der Waals surface area (Å²) in [6.07, 6.45) is 9.31. The van der Waals surface area contributed by atoms with Gasteiger partial charge >= 0.3 is 0 Å². The number of nitrogens with one attached hydrogen (secondary N) is 1. The molecule has 8 heteroatoms. The van der Waals surface area contributed by atoms with Crippen molar-refractivity contribution in [1.29, 1.82) is 0 Å². The van der Waals surface area contributed by atoms with E-state index >= 15 is 0 Å². The normalized spacial score (nSPS) is 18.9. The Kier molecular flexibility index (Phi) is 5.83. The van der Waals surface area contributed by atoms with Crippen LogP contribution in [0.3, 0.4) is 0 Å². The van der Waals surface area contributed by atoms with Crippen molar-refractivity contribution in [2.45, 2.75) is 31.9 Å². The maximum atomic E-state index is 5.75. The summed E-state index contributed by atoms with van der Waals surface area (Å²) in [4.78, 5) is 12.0. The summed E-state index contributed by atoms with van der Waals surface area (Å²) in [7, 11) is 0. The van der Waals surface area contributed by atoms with Crippen molar-refractivity contribution in [3.63, 3.8) is 0 Å². The van der Waals surface area contributed by atoms with Crippen LogP contribution in [0.25, 0.3) is 22.8 Å². The molecular weight excluding hydrogens is 428 g/mol. The highest BCUT2D eigenvalue weighted by Gasteiger charge is 2.21. The topological polar surface area (TPSA) is 80.7 Å². The predicted octanol–water partition coefficient (Wildman–Crippen LogP) is 4.26. The van der Waals surface area contributed by atoms with Crippen LogP contribution >= 0.6 is 0 Å². The summed E-state index contributed by atoms with van der Waals surface area (Å²) in [5.41, 5.74) is 4.57. The number of hydrogen-bond donors (Lipinski definition) is 1. The first kappa shape index (κ1) is 21.1. The molecule has 0 amide bonds. The molecule has 6 rings (SSSR count). The molecule has 3 aromatic heterocycles. The van der Waals surface area contributed by atoms with Crippen molar-refractivity contribution in [3.05, 3.63) is 72.1 Å². The minimum absolute atomic E-state index is 0.212. The van der Waals surface area contributed by atoms with Gasteiger partial charge in [-0.1, -0.05) is 36.4 Å². The third-order valence-corrected chi connectivity index (χ3v) is 6.52. The summed E-state index contributed by atoms with van der Waals surface area (Å²) >= 11 is 0. The van der Waals surface area contributed by atoms with E-state index in [9.17, 15) is 0 Å². The fraction of sp³-hybridized carbons (Fsp3) is 0.346. The number of rotatable bonds is 7. The highest BCUT2D eigenvalue weighted by atomic mass is 16.5. The number of nitrogens with zero attached hydrogens (tertiary/aromatic N) is 5. The van der Waals surface area contributed by atoms with E-state index in [4.69, 9.17) is 24.2 Å². The van der Waals surface area contributed by atoms with E-state index < -0.39 is 0 Å². The molecule has 34 heavy (non-hydrogen) atoms. The Morgan fingerprint density at radius 1 is 1.12 bits per heavy atom. The molecule has 174 valence electrons. The van der Waals surface area contributed by atoms with Crippen LogP contribution in [0.1, 0.15) is 30.4 Å². The van der Waals surface area contributed by atoms with Crippen molar-refractivity contribution < 1.29 is 9.15 Å². The van der Waals surface area contributed by atoms with Gasteiger partial charge in [0.05, 0.1) is 12.4 Å². The highest BCUT2D eigenvalue weighted by Crippen LogP contribution is 2.25. The first-order valence-electron chi connectivity index (χ1n) is 11.9. The maximum Gasteiger partial charge on any atom is 0.226 e. The molecule has 8 nitrogen and oxygen atoms in total. The summed E-state index contributed by atoms with van der Waals surface area (Å²) < 4.78 is 13.1. The van der Waals surface area contributed by atoms with Crippen LogP contribution in [-0.4, -0.2) is 56.8 Å². The van der Waals surface area contributed by atoms with Gasteiger partial charge in [0.1, 0.15) is 0 Å². The van der Waals surface area contributed by atoms with Gasteiger partial charge in [-0.3, -0.25) is 4.90 Å². The molecule has 1 saturated heterocycles. The summed E-state index contributed by atoms with van der Waals surface area (Å²) in [5, 5.41) is 8.14. The minimum atomic E-state index is 0.212. The summed E-state index contributed by atoms with van der Waals surface area (Å²) in [6, 6.07) is 14.4. The largest absolute Gasteiger partial charge is 0.461 e. The second-order valence-corrected chi connectivity index (χ2v) is 8.85. The van der Waals surface area contributed by atoms with E-state index in [-0.39, 0.29) is 6.10 Å². The Hall–Kier alpha value is -3.49. The smallest absolute Gasteiger partial charge is 0.226 e. The van der Waals surface area contributed by atoms with Gasteiger partial charge in [0.25, 0.3) is 0 Å². The number of furan rings is 1. The quantitative estimate of drug-likeness (QED) is 0.445. The standard InChI is InChI=1S/C26H28N6O2/c1-2-6-19(7-3-1)20-10-12-31(13-11-20)18-21-16-27-26(28-17-22-8-4-14-33-22)32-25(21)29-24(30-32)23-9-5-15-34-23/h1-3,5-7,9-10,15-16,22H,4,8,11-14,17-18H2,(H,27,28). The number of fused-ring (bicyclic) bond motifs is 1. The molecule has 2 aliphatic rings. The highest BCUT2D eigenvalue weighted by molar-refractivity contribution is 5.66. The fourth-order valence-electron chi connectivity index (χ4n) is 4.68. The molecule has 5 heterocycles. The van der Waals surface area contributed by atoms with Crippen molar-refractivity contribution in [3.8, 4) is 11.6 Å². The van der Waals surface area contributed by atoms with Gasteiger partial charge in [0, 0.05) is 44.5 Å². The number of benzene rings is 1. The zero-order valence-electron chi connectivity index (χ0n) is 19.1. The van der Waals surface area contributed by atoms with Crippen molar-refractivity contribution in [2.24, 2.45) is 0 Å². The summed E-state index contributed by atoms with van der Waals surface area (Å²) in [5.74, 6) is 1.88. The summed E-state index contributed by atoms with van der Waals surface area (Å²) in [6.45, 7) is 4.18. The van der Waals surface area contributed by atoms with Gasteiger partial charge in [0.2, 0.25) is 11.8 Å². The lowest BCUT2D eigenvalue weighted by atomic mass is 9.99. The van der Waals surface area contributed by atoms with Crippen LogP contribution in [0.15, 0.2) is 65.4 Å². The van der Waals surface area contributed by atoms with Crippen molar-refractivity contribution in [1.82, 2.24) is 24.5 Å². The van der Waals surface area contributed by atoms with E-state index in [1.165, 1.54) is 11.1 Å². The third-order valence-electron chi connectivity index (χ3n) is 6.52. The number of aromatic nitrogens is 4. The zero-order valence-corrected chi connectivity index (χ0v) is 19.1. The molecule has 1 unspecified atom stereocenters. The predicted molar refractivity (Wildman–Crippen MR) is 130 cm³/mol. The van der Waals surface area contributed by atoms with Crippen molar-refractivity contribution in [2.75, 3.05) is 31.6 Å². The zero-order chi connectivity index (χ0) is 22.7. The molecule has 0 bridgehead atoms.